The molecule has 0 saturated heterocycles. The van der Waals surface area contributed by atoms with Crippen LogP contribution in [-0.2, 0) is 4.79 Å². The summed E-state index contributed by atoms with van der Waals surface area (Å²) in [5, 5.41) is 9.13. The van der Waals surface area contributed by atoms with Crippen molar-refractivity contribution in [3.8, 4) is 0 Å². The third-order valence-corrected chi connectivity index (χ3v) is 5.01. The second kappa shape index (κ2) is 7.35. The summed E-state index contributed by atoms with van der Waals surface area (Å²) in [6.07, 6.45) is 8.33. The summed E-state index contributed by atoms with van der Waals surface area (Å²) >= 11 is 3.67. The number of hydrogen-bond donors (Lipinski definition) is 1. The molecule has 0 amide bonds. The Kier molecular flexibility index (Phi) is 5.69. The number of anilines is 1. The maximum atomic E-state index is 11.1. The Morgan fingerprint density at radius 2 is 2.22 bits per heavy atom. The molecule has 1 aromatic carbocycles. The Labute approximate surface area is 146 Å². The van der Waals surface area contributed by atoms with Gasteiger partial charge in [-0.15, -0.1) is 0 Å². The van der Waals surface area contributed by atoms with Crippen LogP contribution in [0.4, 0.5) is 5.69 Å². The quantitative estimate of drug-likeness (QED) is 0.699. The number of carboxylic acids is 1. The number of hydrogen-bond acceptors (Lipinski definition) is 2. The highest BCUT2D eigenvalue weighted by Crippen LogP contribution is 2.45. The van der Waals surface area contributed by atoms with Gasteiger partial charge in [-0.25, -0.2) is 0 Å². The number of likely N-dealkylation sites (N-methyl/N-ethyl adjacent to an activating group) is 1. The van der Waals surface area contributed by atoms with E-state index in [9.17, 15) is 4.79 Å². The van der Waals surface area contributed by atoms with Crippen molar-refractivity contribution in [2.24, 2.45) is 5.41 Å². The zero-order valence-electron chi connectivity index (χ0n) is 14.0. The maximum Gasteiger partial charge on any atom is 0.304 e. The molecule has 0 heterocycles. The molecule has 124 valence electrons. The van der Waals surface area contributed by atoms with Gasteiger partial charge < -0.3 is 10.0 Å². The number of halogens is 1. The van der Waals surface area contributed by atoms with E-state index in [4.69, 9.17) is 5.11 Å². The fourth-order valence-electron chi connectivity index (χ4n) is 3.20. The van der Waals surface area contributed by atoms with Gasteiger partial charge in [0, 0.05) is 23.6 Å². The number of rotatable bonds is 6. The molecule has 0 bridgehead atoms. The molecule has 1 aliphatic rings. The fourth-order valence-corrected chi connectivity index (χ4v) is 3.87. The Balaban J connectivity index is 2.39. The van der Waals surface area contributed by atoms with Crippen molar-refractivity contribution in [1.82, 2.24) is 0 Å². The summed E-state index contributed by atoms with van der Waals surface area (Å²) in [4.78, 5) is 13.3. The number of nitrogens with zero attached hydrogens (tertiary/aromatic N) is 1. The lowest BCUT2D eigenvalue weighted by Gasteiger charge is -2.23. The maximum absolute atomic E-state index is 11.1. The van der Waals surface area contributed by atoms with E-state index < -0.39 is 5.97 Å². The first kappa shape index (κ1) is 17.8. The molecule has 0 aliphatic heterocycles. The Morgan fingerprint density at radius 1 is 1.48 bits per heavy atom. The van der Waals surface area contributed by atoms with Gasteiger partial charge in [0.15, 0.2) is 0 Å². The smallest absolute Gasteiger partial charge is 0.304 e. The Morgan fingerprint density at radius 3 is 2.87 bits per heavy atom. The molecule has 0 aromatic heterocycles. The molecule has 1 aromatic rings. The Hall–Kier alpha value is -1.55. The normalized spacial score (nSPS) is 20.8. The van der Waals surface area contributed by atoms with Gasteiger partial charge in [-0.3, -0.25) is 4.79 Å². The zero-order chi connectivity index (χ0) is 17.0. The first-order valence-corrected chi connectivity index (χ1v) is 8.70. The van der Waals surface area contributed by atoms with Crippen LogP contribution in [0.5, 0.6) is 0 Å². The van der Waals surface area contributed by atoms with Crippen LogP contribution >= 0.6 is 15.9 Å². The number of carbonyl (C=O) groups is 1. The summed E-state index contributed by atoms with van der Waals surface area (Å²) in [7, 11) is 2.08. The lowest BCUT2D eigenvalue weighted by molar-refractivity contribution is -0.138. The number of para-hydroxylation sites is 1. The largest absolute Gasteiger partial charge is 0.481 e. The topological polar surface area (TPSA) is 40.5 Å². The minimum atomic E-state index is -0.732. The van der Waals surface area contributed by atoms with Gasteiger partial charge in [0.1, 0.15) is 0 Å². The molecule has 1 N–H and O–H groups in total. The van der Waals surface area contributed by atoms with Crippen LogP contribution in [0.2, 0.25) is 0 Å². The minimum Gasteiger partial charge on any atom is -0.481 e. The SMILES string of the molecule is C/C=C/CN(C)c1c(Br)cccc1C1=CC(C)(CC(=O)O)CC1. The van der Waals surface area contributed by atoms with E-state index in [0.29, 0.717) is 0 Å². The summed E-state index contributed by atoms with van der Waals surface area (Å²) in [6.45, 7) is 4.90. The van der Waals surface area contributed by atoms with Crippen molar-refractivity contribution in [3.05, 3.63) is 46.5 Å². The van der Waals surface area contributed by atoms with Gasteiger partial charge in [-0.1, -0.05) is 37.3 Å². The number of aliphatic carboxylic acids is 1. The standard InChI is InChI=1S/C19H24BrNO2/c1-4-5-11-21(3)18-15(7-6-8-16(18)20)14-9-10-19(2,12-14)13-17(22)23/h4-8,12H,9-11,13H2,1-3H3,(H,22,23)/b5-4+. The molecule has 2 rings (SSSR count). The van der Waals surface area contributed by atoms with Crippen LogP contribution in [0.25, 0.3) is 5.57 Å². The lowest BCUT2D eigenvalue weighted by Crippen LogP contribution is -2.18. The first-order chi connectivity index (χ1) is 10.9. The van der Waals surface area contributed by atoms with E-state index in [1.165, 1.54) is 11.1 Å². The van der Waals surface area contributed by atoms with Crippen molar-refractivity contribution < 1.29 is 9.90 Å². The number of benzene rings is 1. The highest BCUT2D eigenvalue weighted by Gasteiger charge is 2.32. The van der Waals surface area contributed by atoms with Crippen LogP contribution in [0.1, 0.15) is 38.7 Å². The lowest BCUT2D eigenvalue weighted by atomic mass is 9.86. The van der Waals surface area contributed by atoms with Crippen LogP contribution < -0.4 is 4.90 Å². The molecule has 0 radical (unpaired) electrons. The van der Waals surface area contributed by atoms with Gasteiger partial charge in [0.2, 0.25) is 0 Å². The van der Waals surface area contributed by atoms with Gasteiger partial charge >= 0.3 is 5.97 Å². The monoisotopic (exact) mass is 377 g/mol. The molecule has 0 saturated carbocycles. The third kappa shape index (κ3) is 4.25. The third-order valence-electron chi connectivity index (χ3n) is 4.37. The highest BCUT2D eigenvalue weighted by atomic mass is 79.9. The Bertz CT molecular complexity index is 651. The molecular weight excluding hydrogens is 354 g/mol. The van der Waals surface area contributed by atoms with Gasteiger partial charge in [-0.2, -0.15) is 0 Å². The van der Waals surface area contributed by atoms with Crippen molar-refractivity contribution in [2.45, 2.75) is 33.1 Å². The molecule has 3 nitrogen and oxygen atoms in total. The summed E-state index contributed by atoms with van der Waals surface area (Å²) in [5.74, 6) is -0.732. The van der Waals surface area contributed by atoms with Crippen LogP contribution in [0.15, 0.2) is 40.9 Å². The van der Waals surface area contributed by atoms with E-state index in [1.54, 1.807) is 0 Å². The van der Waals surface area contributed by atoms with Crippen molar-refractivity contribution in [1.29, 1.82) is 0 Å². The van der Waals surface area contributed by atoms with E-state index in [1.807, 2.05) is 26.0 Å². The second-order valence-corrected chi connectivity index (χ2v) is 7.33. The van der Waals surface area contributed by atoms with Gasteiger partial charge in [0.05, 0.1) is 12.1 Å². The summed E-state index contributed by atoms with van der Waals surface area (Å²) < 4.78 is 1.06. The molecule has 1 unspecified atom stereocenters. The number of carboxylic acid groups (broad SMARTS) is 1. The van der Waals surface area contributed by atoms with Crippen LogP contribution in [-0.4, -0.2) is 24.7 Å². The van der Waals surface area contributed by atoms with E-state index in [-0.39, 0.29) is 11.8 Å². The average molecular weight is 378 g/mol. The van der Waals surface area contributed by atoms with Gasteiger partial charge in [0.25, 0.3) is 0 Å². The van der Waals surface area contributed by atoms with Crippen molar-refractivity contribution in [3.63, 3.8) is 0 Å². The first-order valence-electron chi connectivity index (χ1n) is 7.91. The predicted molar refractivity (Wildman–Crippen MR) is 99.8 cm³/mol. The summed E-state index contributed by atoms with van der Waals surface area (Å²) in [6, 6.07) is 6.22. The second-order valence-electron chi connectivity index (χ2n) is 6.48. The van der Waals surface area contributed by atoms with Crippen LogP contribution in [0, 0.1) is 5.41 Å². The van der Waals surface area contributed by atoms with E-state index in [0.717, 1.165) is 29.5 Å². The number of allylic oxidation sites excluding steroid dienone is 3. The molecule has 4 heteroatoms. The van der Waals surface area contributed by atoms with Crippen LogP contribution in [0.3, 0.4) is 0 Å². The van der Waals surface area contributed by atoms with E-state index >= 15 is 0 Å². The van der Waals surface area contributed by atoms with Crippen molar-refractivity contribution >= 4 is 33.2 Å². The molecule has 1 atom stereocenters. The molecular formula is C19H24BrNO2. The molecule has 0 fully saturated rings. The fraction of sp³-hybridized carbons (Fsp3) is 0.421. The molecule has 23 heavy (non-hydrogen) atoms. The molecule has 0 spiro atoms. The highest BCUT2D eigenvalue weighted by molar-refractivity contribution is 9.10. The minimum absolute atomic E-state index is 0.189. The summed E-state index contributed by atoms with van der Waals surface area (Å²) in [5.41, 5.74) is 3.36. The molecule has 1 aliphatic carbocycles. The van der Waals surface area contributed by atoms with Gasteiger partial charge in [-0.05, 0) is 52.7 Å². The average Bonchev–Trinajstić information content (AvgIpc) is 2.85. The van der Waals surface area contributed by atoms with E-state index in [2.05, 4.69) is 52.2 Å². The van der Waals surface area contributed by atoms with Crippen molar-refractivity contribution in [2.75, 3.05) is 18.5 Å². The zero-order valence-corrected chi connectivity index (χ0v) is 15.6. The predicted octanol–water partition coefficient (Wildman–Crippen LogP) is 5.12.